The first kappa shape index (κ1) is 17.4. The van der Waals surface area contributed by atoms with Crippen LogP contribution < -0.4 is 11.0 Å². The topological polar surface area (TPSA) is 95.0 Å². The molecule has 8 nitrogen and oxygen atoms in total. The van der Waals surface area contributed by atoms with E-state index < -0.39 is 0 Å². The van der Waals surface area contributed by atoms with Crippen molar-refractivity contribution in [3.8, 4) is 0 Å². The van der Waals surface area contributed by atoms with Crippen LogP contribution in [0.4, 0.5) is 0 Å². The van der Waals surface area contributed by atoms with E-state index in [0.29, 0.717) is 38.2 Å². The molecule has 136 valence electrons. The number of rotatable bonds is 5. The molecule has 0 bridgehead atoms. The molecule has 0 aromatic carbocycles. The molecular formula is C17H25N5O3. The monoisotopic (exact) mass is 347 g/mol. The first-order valence-electron chi connectivity index (χ1n) is 8.87. The maximum atomic E-state index is 12.7. The number of hydrogen-bond acceptors (Lipinski definition) is 5. The third kappa shape index (κ3) is 3.52. The van der Waals surface area contributed by atoms with Crippen molar-refractivity contribution in [2.24, 2.45) is 5.92 Å². The summed E-state index contributed by atoms with van der Waals surface area (Å²) in [5.74, 6) is 1.50. The maximum absolute atomic E-state index is 12.7. The van der Waals surface area contributed by atoms with Gasteiger partial charge in [0.2, 0.25) is 5.91 Å². The Balaban J connectivity index is 1.74. The van der Waals surface area contributed by atoms with Gasteiger partial charge in [0, 0.05) is 31.0 Å². The minimum Gasteiger partial charge on any atom is -0.361 e. The molecule has 3 rings (SSSR count). The molecule has 0 saturated carbocycles. The minimum absolute atomic E-state index is 0.0522. The normalized spacial score (nSPS) is 17.2. The van der Waals surface area contributed by atoms with E-state index in [-0.39, 0.29) is 17.5 Å². The van der Waals surface area contributed by atoms with Gasteiger partial charge in [-0.2, -0.15) is 5.10 Å². The Bertz CT molecular complexity index is 797. The number of amides is 1. The molecule has 1 unspecified atom stereocenters. The summed E-state index contributed by atoms with van der Waals surface area (Å²) in [6, 6.07) is 0. The third-order valence-corrected chi connectivity index (χ3v) is 4.83. The summed E-state index contributed by atoms with van der Waals surface area (Å²) < 4.78 is 8.33. The molecule has 8 heteroatoms. The standard InChI is InChI=1S/C17H25N5O3/c1-4-8-18-16(23)13-5-6-15-19-22(17(24)21(15)9-7-13)10-14-11(2)20-25-12(14)3/h13H,4-10H2,1-3H3,(H,18,23). The molecule has 1 N–H and O–H groups in total. The van der Waals surface area contributed by atoms with Gasteiger partial charge in [-0.25, -0.2) is 9.48 Å². The molecule has 0 spiro atoms. The van der Waals surface area contributed by atoms with Gasteiger partial charge in [0.1, 0.15) is 11.6 Å². The lowest BCUT2D eigenvalue weighted by Gasteiger charge is -2.13. The van der Waals surface area contributed by atoms with E-state index in [1.807, 2.05) is 20.8 Å². The number of fused-ring (bicyclic) bond motifs is 1. The quantitative estimate of drug-likeness (QED) is 0.876. The zero-order chi connectivity index (χ0) is 18.0. The number of nitrogens with one attached hydrogen (secondary N) is 1. The summed E-state index contributed by atoms with van der Waals surface area (Å²) >= 11 is 0. The SMILES string of the molecule is CCCNC(=O)C1CCc2nn(Cc3c(C)noc3C)c(=O)n2CC1. The summed E-state index contributed by atoms with van der Waals surface area (Å²) in [6.45, 7) is 7.31. The van der Waals surface area contributed by atoms with Crippen LogP contribution in [0.3, 0.4) is 0 Å². The van der Waals surface area contributed by atoms with Crippen molar-refractivity contribution in [3.63, 3.8) is 0 Å². The summed E-state index contributed by atoms with van der Waals surface area (Å²) in [6.07, 6.45) is 2.94. The fourth-order valence-electron chi connectivity index (χ4n) is 3.26. The molecule has 1 amide bonds. The number of carbonyl (C=O) groups excluding carboxylic acids is 1. The molecule has 0 radical (unpaired) electrons. The lowest BCUT2D eigenvalue weighted by Crippen LogP contribution is -2.32. The summed E-state index contributed by atoms with van der Waals surface area (Å²) in [4.78, 5) is 24.9. The van der Waals surface area contributed by atoms with Gasteiger partial charge in [0.25, 0.3) is 0 Å². The Hall–Kier alpha value is -2.38. The fourth-order valence-corrected chi connectivity index (χ4v) is 3.26. The van der Waals surface area contributed by atoms with E-state index in [1.165, 1.54) is 4.68 Å². The van der Waals surface area contributed by atoms with E-state index in [2.05, 4.69) is 15.6 Å². The van der Waals surface area contributed by atoms with E-state index in [4.69, 9.17) is 4.52 Å². The van der Waals surface area contributed by atoms with E-state index >= 15 is 0 Å². The number of hydrogen-bond donors (Lipinski definition) is 1. The van der Waals surface area contributed by atoms with Crippen LogP contribution in [0.2, 0.25) is 0 Å². The molecule has 0 aliphatic carbocycles. The largest absolute Gasteiger partial charge is 0.361 e. The van der Waals surface area contributed by atoms with E-state index in [0.717, 1.165) is 29.9 Å². The molecule has 25 heavy (non-hydrogen) atoms. The molecule has 1 aliphatic heterocycles. The first-order valence-corrected chi connectivity index (χ1v) is 8.87. The number of aromatic nitrogens is 4. The van der Waals surface area contributed by atoms with Gasteiger partial charge in [-0.1, -0.05) is 12.1 Å². The van der Waals surface area contributed by atoms with Crippen molar-refractivity contribution in [2.45, 2.75) is 59.5 Å². The van der Waals surface area contributed by atoms with Crippen LogP contribution >= 0.6 is 0 Å². The van der Waals surface area contributed by atoms with Crippen molar-refractivity contribution in [1.29, 1.82) is 0 Å². The van der Waals surface area contributed by atoms with Crippen LogP contribution in [0.5, 0.6) is 0 Å². The maximum Gasteiger partial charge on any atom is 0.346 e. The molecule has 0 fully saturated rings. The molecule has 1 atom stereocenters. The van der Waals surface area contributed by atoms with Gasteiger partial charge in [-0.3, -0.25) is 9.36 Å². The molecule has 2 aromatic rings. The van der Waals surface area contributed by atoms with Crippen LogP contribution in [0.1, 0.15) is 49.0 Å². The average Bonchev–Trinajstić information content (AvgIpc) is 2.97. The van der Waals surface area contributed by atoms with Crippen LogP contribution in [0, 0.1) is 19.8 Å². The predicted octanol–water partition coefficient (Wildman–Crippen LogP) is 1.18. The average molecular weight is 347 g/mol. The zero-order valence-electron chi connectivity index (χ0n) is 15.0. The van der Waals surface area contributed by atoms with Crippen molar-refractivity contribution >= 4 is 5.91 Å². The van der Waals surface area contributed by atoms with Crippen molar-refractivity contribution in [3.05, 3.63) is 33.3 Å². The highest BCUT2D eigenvalue weighted by Gasteiger charge is 2.25. The summed E-state index contributed by atoms with van der Waals surface area (Å²) in [5.41, 5.74) is 1.54. The van der Waals surface area contributed by atoms with Crippen LogP contribution in [-0.2, 0) is 24.3 Å². The van der Waals surface area contributed by atoms with Crippen LogP contribution in [0.25, 0.3) is 0 Å². The first-order chi connectivity index (χ1) is 12.0. The Kier molecular flexibility index (Phi) is 5.06. The van der Waals surface area contributed by atoms with Gasteiger partial charge >= 0.3 is 5.69 Å². The highest BCUT2D eigenvalue weighted by Crippen LogP contribution is 2.19. The van der Waals surface area contributed by atoms with Crippen LogP contribution in [0.15, 0.2) is 9.32 Å². The number of nitrogens with zero attached hydrogens (tertiary/aromatic N) is 4. The van der Waals surface area contributed by atoms with E-state index in [1.54, 1.807) is 4.57 Å². The smallest absolute Gasteiger partial charge is 0.346 e. The minimum atomic E-state index is -0.135. The summed E-state index contributed by atoms with van der Waals surface area (Å²) in [7, 11) is 0. The molecule has 0 saturated heterocycles. The third-order valence-electron chi connectivity index (χ3n) is 4.83. The second-order valence-electron chi connectivity index (χ2n) is 6.63. The Morgan fingerprint density at radius 3 is 2.84 bits per heavy atom. The van der Waals surface area contributed by atoms with E-state index in [9.17, 15) is 9.59 Å². The molecule has 3 heterocycles. The highest BCUT2D eigenvalue weighted by molar-refractivity contribution is 5.78. The number of carbonyl (C=O) groups is 1. The second-order valence-corrected chi connectivity index (χ2v) is 6.63. The second kappa shape index (κ2) is 7.25. The number of aryl methyl sites for hydroxylation is 3. The van der Waals surface area contributed by atoms with Crippen molar-refractivity contribution in [2.75, 3.05) is 6.54 Å². The summed E-state index contributed by atoms with van der Waals surface area (Å²) in [5, 5.41) is 11.4. The Morgan fingerprint density at radius 1 is 1.36 bits per heavy atom. The predicted molar refractivity (Wildman–Crippen MR) is 91.3 cm³/mol. The fraction of sp³-hybridized carbons (Fsp3) is 0.647. The molecule has 2 aromatic heterocycles. The van der Waals surface area contributed by atoms with Gasteiger partial charge in [-0.15, -0.1) is 0 Å². The van der Waals surface area contributed by atoms with Crippen LogP contribution in [-0.4, -0.2) is 32.0 Å². The lowest BCUT2D eigenvalue weighted by atomic mass is 9.99. The van der Waals surface area contributed by atoms with Gasteiger partial charge < -0.3 is 9.84 Å². The van der Waals surface area contributed by atoms with Gasteiger partial charge in [0.15, 0.2) is 0 Å². The molecular weight excluding hydrogens is 322 g/mol. The van der Waals surface area contributed by atoms with Gasteiger partial charge in [-0.05, 0) is 33.1 Å². The van der Waals surface area contributed by atoms with Crippen molar-refractivity contribution < 1.29 is 9.32 Å². The Morgan fingerprint density at radius 2 is 2.16 bits per heavy atom. The Labute approximate surface area is 146 Å². The highest BCUT2D eigenvalue weighted by atomic mass is 16.5. The lowest BCUT2D eigenvalue weighted by molar-refractivity contribution is -0.125. The van der Waals surface area contributed by atoms with Gasteiger partial charge in [0.05, 0.1) is 12.2 Å². The molecule has 1 aliphatic rings. The van der Waals surface area contributed by atoms with Crippen molar-refractivity contribution in [1.82, 2.24) is 24.8 Å². The zero-order valence-corrected chi connectivity index (χ0v) is 15.0.